The molecule has 0 saturated heterocycles. The number of fused-ring (bicyclic) bond motifs is 1. The number of hydrogen-bond acceptors (Lipinski definition) is 7. The molecule has 0 saturated carbocycles. The number of nitrogens with one attached hydrogen (secondary N) is 1. The molecule has 0 spiro atoms. The van der Waals surface area contributed by atoms with E-state index in [1.165, 1.54) is 11.8 Å². The molecule has 0 aliphatic carbocycles. The lowest BCUT2D eigenvalue weighted by Gasteiger charge is -2.10. The Morgan fingerprint density at radius 1 is 1.19 bits per heavy atom. The lowest BCUT2D eigenvalue weighted by atomic mass is 10.1. The van der Waals surface area contributed by atoms with E-state index in [1.807, 2.05) is 61.5 Å². The number of amides is 1. The lowest BCUT2D eigenvalue weighted by molar-refractivity contribution is -0.118. The summed E-state index contributed by atoms with van der Waals surface area (Å²) in [6, 6.07) is 17.2. The molecular weight excluding hydrogens is 444 g/mol. The Balaban J connectivity index is 1.53. The molecule has 2 aromatic heterocycles. The third-order valence-corrected chi connectivity index (χ3v) is 6.67. The SMILES string of the molecule is CCn1c(SCC(=O)NCc2cccc(OC)c2)nc2c(-c3ccccc3)nsc2c1=O. The number of thioether (sulfide) groups is 1. The summed E-state index contributed by atoms with van der Waals surface area (Å²) in [4.78, 5) is 30.2. The van der Waals surface area contributed by atoms with Crippen LogP contribution >= 0.6 is 23.3 Å². The molecular formula is C23H22N4O3S2. The number of methoxy groups -OCH3 is 1. The number of carbonyl (C=O) groups excluding carboxylic acids is 1. The summed E-state index contributed by atoms with van der Waals surface area (Å²) >= 11 is 2.41. The molecule has 4 aromatic rings. The second-order valence-electron chi connectivity index (χ2n) is 6.94. The van der Waals surface area contributed by atoms with Gasteiger partial charge in [0.1, 0.15) is 21.7 Å². The Hall–Kier alpha value is -3.17. The molecule has 1 N–H and O–H groups in total. The normalized spacial score (nSPS) is 10.9. The van der Waals surface area contributed by atoms with Crippen LogP contribution < -0.4 is 15.6 Å². The van der Waals surface area contributed by atoms with Gasteiger partial charge in [-0.2, -0.15) is 4.37 Å². The zero-order valence-electron chi connectivity index (χ0n) is 17.7. The molecule has 2 aromatic carbocycles. The van der Waals surface area contributed by atoms with E-state index in [4.69, 9.17) is 9.72 Å². The van der Waals surface area contributed by atoms with Crippen LogP contribution in [-0.2, 0) is 17.9 Å². The van der Waals surface area contributed by atoms with Crippen LogP contribution in [0.15, 0.2) is 64.5 Å². The van der Waals surface area contributed by atoms with Crippen molar-refractivity contribution in [3.63, 3.8) is 0 Å². The highest BCUT2D eigenvalue weighted by atomic mass is 32.2. The first-order valence-corrected chi connectivity index (χ1v) is 11.8. The Morgan fingerprint density at radius 2 is 2.00 bits per heavy atom. The number of ether oxygens (including phenoxy) is 1. The van der Waals surface area contributed by atoms with Crippen molar-refractivity contribution >= 4 is 39.4 Å². The predicted molar refractivity (Wildman–Crippen MR) is 128 cm³/mol. The maximum atomic E-state index is 13.0. The molecule has 0 radical (unpaired) electrons. The fourth-order valence-electron chi connectivity index (χ4n) is 3.23. The number of carbonyl (C=O) groups is 1. The number of nitrogens with zero attached hydrogens (tertiary/aromatic N) is 3. The lowest BCUT2D eigenvalue weighted by Crippen LogP contribution is -2.26. The largest absolute Gasteiger partial charge is 0.497 e. The van der Waals surface area contributed by atoms with Gasteiger partial charge in [-0.05, 0) is 36.2 Å². The van der Waals surface area contributed by atoms with Crippen molar-refractivity contribution in [3.8, 4) is 17.0 Å². The minimum absolute atomic E-state index is 0.128. The van der Waals surface area contributed by atoms with E-state index in [-0.39, 0.29) is 17.2 Å². The van der Waals surface area contributed by atoms with Gasteiger partial charge >= 0.3 is 0 Å². The smallest absolute Gasteiger partial charge is 0.273 e. The zero-order valence-corrected chi connectivity index (χ0v) is 19.3. The maximum absolute atomic E-state index is 13.0. The van der Waals surface area contributed by atoms with E-state index in [9.17, 15) is 9.59 Å². The van der Waals surface area contributed by atoms with E-state index < -0.39 is 0 Å². The van der Waals surface area contributed by atoms with Gasteiger partial charge in [0.15, 0.2) is 5.16 Å². The highest BCUT2D eigenvalue weighted by molar-refractivity contribution is 7.99. The number of rotatable bonds is 8. The summed E-state index contributed by atoms with van der Waals surface area (Å²) in [5.74, 6) is 0.760. The Labute approximate surface area is 193 Å². The fraction of sp³-hybridized carbons (Fsp3) is 0.217. The standard InChI is InChI=1S/C23H22N4O3S2/c1-3-27-22(29)21-20(19(26-32-21)16-9-5-4-6-10-16)25-23(27)31-14-18(28)24-13-15-8-7-11-17(12-15)30-2/h4-12H,3,13-14H2,1-2H3,(H,24,28). The van der Waals surface area contributed by atoms with Crippen LogP contribution in [0.5, 0.6) is 5.75 Å². The molecule has 4 rings (SSSR count). The van der Waals surface area contributed by atoms with Crippen molar-refractivity contribution in [3.05, 3.63) is 70.5 Å². The van der Waals surface area contributed by atoms with Gasteiger partial charge in [0.05, 0.1) is 12.9 Å². The third kappa shape index (κ3) is 4.68. The second kappa shape index (κ2) is 9.97. The van der Waals surface area contributed by atoms with Gasteiger partial charge in [-0.25, -0.2) is 4.98 Å². The first-order valence-electron chi connectivity index (χ1n) is 10.1. The van der Waals surface area contributed by atoms with Crippen molar-refractivity contribution in [1.29, 1.82) is 0 Å². The van der Waals surface area contributed by atoms with Crippen molar-refractivity contribution in [2.75, 3.05) is 12.9 Å². The van der Waals surface area contributed by atoms with Gasteiger partial charge in [-0.3, -0.25) is 14.2 Å². The first kappa shape index (κ1) is 22.0. The summed E-state index contributed by atoms with van der Waals surface area (Å²) in [6.07, 6.45) is 0. The summed E-state index contributed by atoms with van der Waals surface area (Å²) in [7, 11) is 1.61. The van der Waals surface area contributed by atoms with E-state index in [1.54, 1.807) is 11.7 Å². The predicted octanol–water partition coefficient (Wildman–Crippen LogP) is 3.96. The number of benzene rings is 2. The average molecular weight is 467 g/mol. The minimum atomic E-state index is -0.137. The topological polar surface area (TPSA) is 86.1 Å². The van der Waals surface area contributed by atoms with Gasteiger partial charge in [-0.15, -0.1) is 0 Å². The van der Waals surface area contributed by atoms with Crippen LogP contribution in [0.1, 0.15) is 12.5 Å². The molecule has 2 heterocycles. The van der Waals surface area contributed by atoms with E-state index in [0.717, 1.165) is 28.4 Å². The molecule has 0 fully saturated rings. The monoisotopic (exact) mass is 466 g/mol. The van der Waals surface area contributed by atoms with Crippen LogP contribution in [0.4, 0.5) is 0 Å². The van der Waals surface area contributed by atoms with Crippen LogP contribution in [0.25, 0.3) is 21.5 Å². The maximum Gasteiger partial charge on any atom is 0.273 e. The molecule has 164 valence electrons. The van der Waals surface area contributed by atoms with Crippen LogP contribution in [0.2, 0.25) is 0 Å². The molecule has 0 aliphatic rings. The summed E-state index contributed by atoms with van der Waals surface area (Å²) in [6.45, 7) is 2.76. The van der Waals surface area contributed by atoms with Gasteiger partial charge in [0.25, 0.3) is 5.56 Å². The van der Waals surface area contributed by atoms with Crippen LogP contribution in [0.3, 0.4) is 0 Å². The van der Waals surface area contributed by atoms with Gasteiger partial charge in [0.2, 0.25) is 5.91 Å². The van der Waals surface area contributed by atoms with Crippen molar-refractivity contribution in [2.45, 2.75) is 25.2 Å². The molecule has 0 aliphatic heterocycles. The van der Waals surface area contributed by atoms with Crippen molar-refractivity contribution in [2.24, 2.45) is 0 Å². The molecule has 0 atom stereocenters. The van der Waals surface area contributed by atoms with E-state index in [0.29, 0.717) is 34.2 Å². The number of aromatic nitrogens is 3. The van der Waals surface area contributed by atoms with Crippen molar-refractivity contribution in [1.82, 2.24) is 19.2 Å². The summed E-state index contributed by atoms with van der Waals surface area (Å²) < 4.78 is 11.8. The zero-order chi connectivity index (χ0) is 22.5. The van der Waals surface area contributed by atoms with Crippen LogP contribution in [-0.4, -0.2) is 32.7 Å². The first-order chi connectivity index (χ1) is 15.6. The van der Waals surface area contributed by atoms with Crippen LogP contribution in [0, 0.1) is 0 Å². The van der Waals surface area contributed by atoms with E-state index >= 15 is 0 Å². The molecule has 1 amide bonds. The number of hydrogen-bond donors (Lipinski definition) is 1. The molecule has 9 heteroatoms. The average Bonchev–Trinajstić information content (AvgIpc) is 3.26. The van der Waals surface area contributed by atoms with Gasteiger partial charge < -0.3 is 10.1 Å². The molecule has 0 unspecified atom stereocenters. The van der Waals surface area contributed by atoms with Gasteiger partial charge in [0, 0.05) is 18.7 Å². The van der Waals surface area contributed by atoms with Crippen molar-refractivity contribution < 1.29 is 9.53 Å². The summed E-state index contributed by atoms with van der Waals surface area (Å²) in [5, 5.41) is 3.41. The summed E-state index contributed by atoms with van der Waals surface area (Å²) in [5.41, 5.74) is 3.00. The molecule has 7 nitrogen and oxygen atoms in total. The Morgan fingerprint density at radius 3 is 2.75 bits per heavy atom. The van der Waals surface area contributed by atoms with E-state index in [2.05, 4.69) is 9.69 Å². The fourth-order valence-corrected chi connectivity index (χ4v) is 4.91. The Kier molecular flexibility index (Phi) is 6.87. The van der Waals surface area contributed by atoms with Gasteiger partial charge in [-0.1, -0.05) is 54.2 Å². The second-order valence-corrected chi connectivity index (χ2v) is 8.65. The molecule has 0 bridgehead atoms. The Bertz CT molecular complexity index is 1300. The minimum Gasteiger partial charge on any atom is -0.497 e. The quantitative estimate of drug-likeness (QED) is 0.313. The highest BCUT2D eigenvalue weighted by Crippen LogP contribution is 2.29. The molecule has 32 heavy (non-hydrogen) atoms. The third-order valence-electron chi connectivity index (χ3n) is 4.86. The highest BCUT2D eigenvalue weighted by Gasteiger charge is 2.18.